The van der Waals surface area contributed by atoms with Crippen LogP contribution in [0.15, 0.2) is 0 Å². The highest BCUT2D eigenvalue weighted by molar-refractivity contribution is 14.1. The molecule has 0 heterocycles. The average molecular weight is 202 g/mol. The second-order valence-electron chi connectivity index (χ2n) is 1.07. The van der Waals surface area contributed by atoms with Gasteiger partial charge in [-0.2, -0.15) is 0 Å². The van der Waals surface area contributed by atoms with Gasteiger partial charge < -0.3 is 10.2 Å². The van der Waals surface area contributed by atoms with Crippen LogP contribution in [0.25, 0.3) is 0 Å². The first-order valence-electron chi connectivity index (χ1n) is 1.70. The van der Waals surface area contributed by atoms with Gasteiger partial charge in [0, 0.05) is 6.42 Å². The van der Waals surface area contributed by atoms with Crippen LogP contribution in [0.5, 0.6) is 0 Å². The molecule has 0 bridgehead atoms. The summed E-state index contributed by atoms with van der Waals surface area (Å²) in [7, 11) is 0. The molecule has 0 aromatic carbocycles. The lowest BCUT2D eigenvalue weighted by Crippen LogP contribution is -2.15. The second-order valence-corrected chi connectivity index (χ2v) is 2.80. The lowest BCUT2D eigenvalue weighted by molar-refractivity contribution is -0.0596. The van der Waals surface area contributed by atoms with Gasteiger partial charge in [0.25, 0.3) is 0 Å². The topological polar surface area (TPSA) is 40.5 Å². The molecule has 0 aliphatic carbocycles. The van der Waals surface area contributed by atoms with Gasteiger partial charge in [0.1, 0.15) is 0 Å². The Balaban J connectivity index is 3.17. The Labute approximate surface area is 50.3 Å². The fraction of sp³-hybridized carbons (Fsp3) is 1.00. The maximum absolute atomic E-state index is 8.37. The second kappa shape index (κ2) is 2.09. The molecule has 0 aromatic rings. The molecule has 6 heavy (non-hydrogen) atoms. The Morgan fingerprint density at radius 2 is 1.83 bits per heavy atom. The van der Waals surface area contributed by atoms with Crippen molar-refractivity contribution in [1.29, 1.82) is 0 Å². The van der Waals surface area contributed by atoms with Crippen molar-refractivity contribution in [3.63, 3.8) is 0 Å². The maximum atomic E-state index is 8.37. The predicted molar refractivity (Wildman–Crippen MR) is 31.5 cm³/mol. The predicted octanol–water partition coefficient (Wildman–Crippen LogP) is 0.470. The van der Waals surface area contributed by atoms with Crippen LogP contribution >= 0.6 is 22.6 Å². The molecule has 38 valence electrons. The first-order valence-corrected chi connectivity index (χ1v) is 2.78. The van der Waals surface area contributed by atoms with Crippen LogP contribution in [0, 0.1) is 0 Å². The van der Waals surface area contributed by atoms with Crippen LogP contribution in [0.1, 0.15) is 13.3 Å². The summed E-state index contributed by atoms with van der Waals surface area (Å²) in [6.07, 6.45) is 0.369. The van der Waals surface area contributed by atoms with Gasteiger partial charge in [0.05, 0.1) is 0 Å². The Morgan fingerprint density at radius 1 is 1.67 bits per heavy atom. The fourth-order valence-electron chi connectivity index (χ4n) is 0. The number of hydrogen-bond donors (Lipinski definition) is 2. The van der Waals surface area contributed by atoms with Crippen molar-refractivity contribution < 1.29 is 10.2 Å². The minimum atomic E-state index is -1.49. The molecule has 0 amide bonds. The van der Waals surface area contributed by atoms with Crippen molar-refractivity contribution in [2.45, 2.75) is 17.1 Å². The normalized spacial score (nSPS) is 12.0. The van der Waals surface area contributed by atoms with Gasteiger partial charge in [-0.1, -0.05) is 6.92 Å². The lowest BCUT2D eigenvalue weighted by Gasteiger charge is -2.07. The van der Waals surface area contributed by atoms with Gasteiger partial charge in [0.2, 0.25) is 3.79 Å². The third-order valence-electron chi connectivity index (χ3n) is 0.450. The first kappa shape index (κ1) is 6.65. The summed E-state index contributed by atoms with van der Waals surface area (Å²) < 4.78 is -1.49. The molecular formula is C3H7IO2. The quantitative estimate of drug-likeness (QED) is 0.368. The largest absolute Gasteiger partial charge is 0.358 e. The summed E-state index contributed by atoms with van der Waals surface area (Å²) in [4.78, 5) is 0. The Morgan fingerprint density at radius 3 is 1.83 bits per heavy atom. The number of aliphatic hydroxyl groups is 2. The van der Waals surface area contributed by atoms with Gasteiger partial charge in [0.15, 0.2) is 0 Å². The third kappa shape index (κ3) is 4.65. The van der Waals surface area contributed by atoms with Crippen molar-refractivity contribution in [3.05, 3.63) is 0 Å². The molecular weight excluding hydrogens is 195 g/mol. The van der Waals surface area contributed by atoms with E-state index in [0.717, 1.165) is 0 Å². The molecule has 0 unspecified atom stereocenters. The molecule has 2 nitrogen and oxygen atoms in total. The summed E-state index contributed by atoms with van der Waals surface area (Å²) in [5.41, 5.74) is 0. The zero-order valence-corrected chi connectivity index (χ0v) is 5.64. The van der Waals surface area contributed by atoms with E-state index >= 15 is 0 Å². The minimum Gasteiger partial charge on any atom is -0.358 e. The van der Waals surface area contributed by atoms with Crippen molar-refractivity contribution in [1.82, 2.24) is 0 Å². The highest BCUT2D eigenvalue weighted by Gasteiger charge is 2.11. The highest BCUT2D eigenvalue weighted by atomic mass is 127. The van der Waals surface area contributed by atoms with Crippen LogP contribution in [-0.4, -0.2) is 14.0 Å². The summed E-state index contributed by atoms with van der Waals surface area (Å²) >= 11 is 1.55. The van der Waals surface area contributed by atoms with Gasteiger partial charge >= 0.3 is 0 Å². The van der Waals surface area contributed by atoms with Crippen LogP contribution in [0.3, 0.4) is 0 Å². The Bertz CT molecular complexity index is 38.5. The molecule has 2 N–H and O–H groups in total. The number of alkyl halides is 1. The molecule has 0 aliphatic heterocycles. The van der Waals surface area contributed by atoms with Crippen molar-refractivity contribution in [3.8, 4) is 0 Å². The van der Waals surface area contributed by atoms with Gasteiger partial charge in [-0.25, -0.2) is 0 Å². The summed E-state index contributed by atoms with van der Waals surface area (Å²) in [5, 5.41) is 16.7. The summed E-state index contributed by atoms with van der Waals surface area (Å²) in [6.45, 7) is 1.70. The number of hydrogen-bond acceptors (Lipinski definition) is 2. The van der Waals surface area contributed by atoms with E-state index < -0.39 is 3.79 Å². The van der Waals surface area contributed by atoms with E-state index in [1.165, 1.54) is 0 Å². The molecule has 0 radical (unpaired) electrons. The van der Waals surface area contributed by atoms with Crippen LogP contribution < -0.4 is 0 Å². The zero-order chi connectivity index (χ0) is 5.21. The molecule has 0 saturated heterocycles. The molecule has 3 heteroatoms. The molecule has 0 saturated carbocycles. The van der Waals surface area contributed by atoms with Crippen molar-refractivity contribution in [2.24, 2.45) is 0 Å². The van der Waals surface area contributed by atoms with Crippen LogP contribution in [-0.2, 0) is 0 Å². The van der Waals surface area contributed by atoms with E-state index in [4.69, 9.17) is 10.2 Å². The summed E-state index contributed by atoms with van der Waals surface area (Å²) in [5.74, 6) is 0. The van der Waals surface area contributed by atoms with Crippen molar-refractivity contribution in [2.75, 3.05) is 0 Å². The number of halogens is 1. The standard InChI is InChI=1S/C3H7IO2/c1-2-3(4,5)6/h5-6H,2H2,1H3. The molecule has 0 spiro atoms. The van der Waals surface area contributed by atoms with E-state index in [0.29, 0.717) is 6.42 Å². The van der Waals surface area contributed by atoms with Gasteiger partial charge in [-0.15, -0.1) is 0 Å². The molecule has 0 rings (SSSR count). The Kier molecular flexibility index (Phi) is 2.31. The molecule has 0 aliphatic rings. The maximum Gasteiger partial charge on any atom is 0.216 e. The minimum absolute atomic E-state index is 0.369. The van der Waals surface area contributed by atoms with E-state index in [1.807, 2.05) is 0 Å². The molecule has 0 aromatic heterocycles. The lowest BCUT2D eigenvalue weighted by atomic mass is 10.5. The third-order valence-corrected chi connectivity index (χ3v) is 1.21. The Hall–Kier alpha value is 0.650. The summed E-state index contributed by atoms with van der Waals surface area (Å²) in [6, 6.07) is 0. The van der Waals surface area contributed by atoms with E-state index in [1.54, 1.807) is 29.5 Å². The molecule has 0 fully saturated rings. The smallest absolute Gasteiger partial charge is 0.216 e. The SMILES string of the molecule is CCC(O)(O)I. The van der Waals surface area contributed by atoms with Crippen molar-refractivity contribution >= 4 is 22.6 Å². The van der Waals surface area contributed by atoms with Gasteiger partial charge in [-0.3, -0.25) is 0 Å². The van der Waals surface area contributed by atoms with Crippen LogP contribution in [0.4, 0.5) is 0 Å². The first-order chi connectivity index (χ1) is 2.56. The fourth-order valence-corrected chi connectivity index (χ4v) is 0. The monoisotopic (exact) mass is 202 g/mol. The van der Waals surface area contributed by atoms with Crippen LogP contribution in [0.2, 0.25) is 0 Å². The average Bonchev–Trinajstić information content (AvgIpc) is 1.35. The zero-order valence-electron chi connectivity index (χ0n) is 3.48. The van der Waals surface area contributed by atoms with E-state index in [9.17, 15) is 0 Å². The van der Waals surface area contributed by atoms with E-state index in [-0.39, 0.29) is 0 Å². The highest BCUT2D eigenvalue weighted by Crippen LogP contribution is 2.12. The number of rotatable bonds is 1. The van der Waals surface area contributed by atoms with Gasteiger partial charge in [-0.05, 0) is 22.6 Å². The van der Waals surface area contributed by atoms with E-state index in [2.05, 4.69) is 0 Å². The molecule has 0 atom stereocenters.